The Morgan fingerprint density at radius 2 is 1.90 bits per heavy atom. The summed E-state index contributed by atoms with van der Waals surface area (Å²) in [5, 5.41) is 5.78. The molecule has 39 heavy (non-hydrogen) atoms. The Balaban J connectivity index is 1.14. The molecule has 0 radical (unpaired) electrons. The van der Waals surface area contributed by atoms with Crippen molar-refractivity contribution in [3.8, 4) is 11.3 Å². The Morgan fingerprint density at radius 3 is 2.59 bits per heavy atom. The topological polar surface area (TPSA) is 78.8 Å². The molecule has 0 atom stereocenters. The lowest BCUT2D eigenvalue weighted by Gasteiger charge is -2.39. The molecule has 0 bridgehead atoms. The van der Waals surface area contributed by atoms with Crippen molar-refractivity contribution in [2.45, 2.75) is 70.8 Å². The molecule has 1 N–H and O–H groups in total. The highest BCUT2D eigenvalue weighted by Crippen LogP contribution is 2.47. The average molecular weight is 547 g/mol. The second kappa shape index (κ2) is 9.42. The van der Waals surface area contributed by atoms with Crippen molar-refractivity contribution in [2.75, 3.05) is 39.4 Å². The van der Waals surface area contributed by atoms with Crippen molar-refractivity contribution in [2.24, 2.45) is 0 Å². The standard InChI is InChI=1S/C30H38N6O2S/c1-18(2)23-24-20(4)26(39-28(24)33-25(23)22-15-19(3)27-31-17-32-36(27)16-22)21-5-9-34(10-6-21)29(37)30(7-8-30)35-11-13-38-14-12-35/h15-18,21,33H,5-14H2,1-4H3. The number of piperidine rings is 1. The van der Waals surface area contributed by atoms with E-state index in [1.807, 2.05) is 15.9 Å². The summed E-state index contributed by atoms with van der Waals surface area (Å²) in [4.78, 5) is 29.1. The number of aromatic nitrogens is 4. The van der Waals surface area contributed by atoms with Crippen LogP contribution in [0.5, 0.6) is 0 Å². The van der Waals surface area contributed by atoms with Gasteiger partial charge in [-0.3, -0.25) is 9.69 Å². The minimum Gasteiger partial charge on any atom is -0.379 e. The van der Waals surface area contributed by atoms with Crippen LogP contribution in [-0.2, 0) is 9.53 Å². The lowest BCUT2D eigenvalue weighted by atomic mass is 9.90. The van der Waals surface area contributed by atoms with Gasteiger partial charge in [0, 0.05) is 48.2 Å². The summed E-state index contributed by atoms with van der Waals surface area (Å²) in [6.07, 6.45) is 7.80. The molecular formula is C30H38N6O2S. The minimum absolute atomic E-state index is 0.235. The largest absolute Gasteiger partial charge is 0.379 e. The predicted molar refractivity (Wildman–Crippen MR) is 155 cm³/mol. The molecule has 6 heterocycles. The first kappa shape index (κ1) is 25.2. The number of hydrogen-bond acceptors (Lipinski definition) is 6. The summed E-state index contributed by atoms with van der Waals surface area (Å²) in [5.41, 5.74) is 6.94. The van der Waals surface area contributed by atoms with Crippen LogP contribution in [0.1, 0.15) is 72.9 Å². The number of carbonyl (C=O) groups is 1. The van der Waals surface area contributed by atoms with E-state index in [0.29, 0.717) is 17.7 Å². The number of ether oxygens (including phenoxy) is 1. The zero-order valence-corrected chi connectivity index (χ0v) is 24.2. The molecule has 1 aliphatic carbocycles. The molecular weight excluding hydrogens is 508 g/mol. The van der Waals surface area contributed by atoms with Crippen molar-refractivity contribution in [1.29, 1.82) is 0 Å². The van der Waals surface area contributed by atoms with Crippen molar-refractivity contribution in [3.63, 3.8) is 0 Å². The Bertz CT molecular complexity index is 1550. The number of thiophene rings is 1. The van der Waals surface area contributed by atoms with Crippen LogP contribution in [0.4, 0.5) is 0 Å². The van der Waals surface area contributed by atoms with E-state index in [9.17, 15) is 4.79 Å². The van der Waals surface area contributed by atoms with Crippen LogP contribution in [0.3, 0.4) is 0 Å². The van der Waals surface area contributed by atoms with Crippen molar-refractivity contribution >= 4 is 33.1 Å². The number of morpholine rings is 1. The molecule has 3 fully saturated rings. The first-order valence-electron chi connectivity index (χ1n) is 14.4. The number of fused-ring (bicyclic) bond motifs is 2. The molecule has 1 saturated carbocycles. The third-order valence-corrected chi connectivity index (χ3v) is 10.6. The number of hydrogen-bond donors (Lipinski definition) is 1. The molecule has 9 heteroatoms. The normalized spacial score (nSPS) is 20.5. The highest BCUT2D eigenvalue weighted by molar-refractivity contribution is 7.19. The highest BCUT2D eigenvalue weighted by atomic mass is 32.1. The number of nitrogens with zero attached hydrogens (tertiary/aromatic N) is 5. The van der Waals surface area contributed by atoms with Crippen LogP contribution in [0.15, 0.2) is 18.6 Å². The fourth-order valence-electron chi connectivity index (χ4n) is 7.09. The number of aryl methyl sites for hydroxylation is 2. The Morgan fingerprint density at radius 1 is 1.15 bits per heavy atom. The second-order valence-electron chi connectivity index (χ2n) is 12.0. The summed E-state index contributed by atoms with van der Waals surface area (Å²) in [6, 6.07) is 2.22. The number of nitrogens with one attached hydrogen (secondary N) is 1. The second-order valence-corrected chi connectivity index (χ2v) is 13.1. The fraction of sp³-hybridized carbons (Fsp3) is 0.567. The number of rotatable bonds is 5. The SMILES string of the molecule is Cc1c(C2CCN(C(=O)C3(N4CCOCC4)CC3)CC2)sc2[nH]c(-c3cc(C)c4ncnn4c3)c(C(C)C)c12. The summed E-state index contributed by atoms with van der Waals surface area (Å²) in [6.45, 7) is 14.0. The van der Waals surface area contributed by atoms with Crippen molar-refractivity contribution in [1.82, 2.24) is 29.4 Å². The molecule has 8 nitrogen and oxygen atoms in total. The van der Waals surface area contributed by atoms with E-state index in [4.69, 9.17) is 4.74 Å². The van der Waals surface area contributed by atoms with Gasteiger partial charge in [0.25, 0.3) is 0 Å². The van der Waals surface area contributed by atoms with Crippen LogP contribution < -0.4 is 0 Å². The van der Waals surface area contributed by atoms with Gasteiger partial charge in [-0.05, 0) is 74.1 Å². The number of likely N-dealkylation sites (tertiary alicyclic amines) is 1. The van der Waals surface area contributed by atoms with E-state index >= 15 is 0 Å². The van der Waals surface area contributed by atoms with Crippen LogP contribution >= 0.6 is 11.3 Å². The van der Waals surface area contributed by atoms with Crippen LogP contribution in [0.25, 0.3) is 27.1 Å². The Hall–Kier alpha value is -2.75. The molecule has 1 amide bonds. The van der Waals surface area contributed by atoms with E-state index in [2.05, 4.69) is 64.8 Å². The molecule has 0 spiro atoms. The molecule has 7 rings (SSSR count). The van der Waals surface area contributed by atoms with Crippen molar-refractivity contribution in [3.05, 3.63) is 40.2 Å². The minimum atomic E-state index is -0.235. The zero-order valence-electron chi connectivity index (χ0n) is 23.4. The van der Waals surface area contributed by atoms with Crippen LogP contribution in [-0.4, -0.2) is 80.2 Å². The number of aromatic amines is 1. The first-order chi connectivity index (χ1) is 18.9. The molecule has 4 aromatic rings. The van der Waals surface area contributed by atoms with Gasteiger partial charge >= 0.3 is 0 Å². The molecule has 0 aromatic carbocycles. The summed E-state index contributed by atoms with van der Waals surface area (Å²) >= 11 is 1.92. The smallest absolute Gasteiger partial charge is 0.243 e. The Labute approximate surface area is 233 Å². The zero-order chi connectivity index (χ0) is 26.9. The lowest BCUT2D eigenvalue weighted by molar-refractivity contribution is -0.142. The molecule has 2 saturated heterocycles. The number of carbonyl (C=O) groups excluding carboxylic acids is 1. The number of H-pyrrole nitrogens is 1. The van der Waals surface area contributed by atoms with E-state index in [-0.39, 0.29) is 5.54 Å². The van der Waals surface area contributed by atoms with Gasteiger partial charge in [-0.1, -0.05) is 13.8 Å². The maximum absolute atomic E-state index is 13.6. The summed E-state index contributed by atoms with van der Waals surface area (Å²) in [5.74, 6) is 1.26. The summed E-state index contributed by atoms with van der Waals surface area (Å²) in [7, 11) is 0. The third-order valence-electron chi connectivity index (χ3n) is 9.28. The third kappa shape index (κ3) is 4.04. The monoisotopic (exact) mass is 546 g/mol. The van der Waals surface area contributed by atoms with Gasteiger partial charge in [0.1, 0.15) is 16.7 Å². The number of amides is 1. The van der Waals surface area contributed by atoms with Gasteiger partial charge in [-0.25, -0.2) is 9.50 Å². The lowest BCUT2D eigenvalue weighted by Crippen LogP contribution is -2.55. The highest BCUT2D eigenvalue weighted by Gasteiger charge is 2.56. The molecule has 4 aromatic heterocycles. The average Bonchev–Trinajstić information content (AvgIpc) is 3.29. The van der Waals surface area contributed by atoms with Crippen molar-refractivity contribution < 1.29 is 9.53 Å². The Kier molecular flexibility index (Phi) is 6.10. The van der Waals surface area contributed by atoms with Crippen LogP contribution in [0, 0.1) is 13.8 Å². The predicted octanol–water partition coefficient (Wildman–Crippen LogP) is 5.25. The van der Waals surface area contributed by atoms with Gasteiger partial charge in [0.05, 0.1) is 18.9 Å². The van der Waals surface area contributed by atoms with Gasteiger partial charge in [-0.2, -0.15) is 5.10 Å². The van der Waals surface area contributed by atoms with Gasteiger partial charge in [0.2, 0.25) is 5.91 Å². The maximum Gasteiger partial charge on any atom is 0.243 e. The maximum atomic E-state index is 13.6. The van der Waals surface area contributed by atoms with E-state index < -0.39 is 0 Å². The first-order valence-corrected chi connectivity index (χ1v) is 15.3. The van der Waals surface area contributed by atoms with Gasteiger partial charge in [-0.15, -0.1) is 11.3 Å². The van der Waals surface area contributed by atoms with Crippen LogP contribution in [0.2, 0.25) is 0 Å². The van der Waals surface area contributed by atoms with Gasteiger partial charge in [0.15, 0.2) is 5.65 Å². The number of pyridine rings is 1. The molecule has 2 aliphatic heterocycles. The fourth-order valence-corrected chi connectivity index (χ4v) is 8.48. The molecule has 0 unspecified atom stereocenters. The quantitative estimate of drug-likeness (QED) is 0.370. The molecule has 206 valence electrons. The van der Waals surface area contributed by atoms with E-state index in [1.165, 1.54) is 31.9 Å². The van der Waals surface area contributed by atoms with E-state index in [1.54, 1.807) is 6.33 Å². The summed E-state index contributed by atoms with van der Waals surface area (Å²) < 4.78 is 7.42. The van der Waals surface area contributed by atoms with Gasteiger partial charge < -0.3 is 14.6 Å². The van der Waals surface area contributed by atoms with E-state index in [0.717, 1.165) is 81.9 Å². The molecule has 3 aliphatic rings.